The molecule has 0 saturated carbocycles. The molecule has 78 valence electrons. The highest BCUT2D eigenvalue weighted by atomic mass is 16.3. The van der Waals surface area contributed by atoms with Gasteiger partial charge < -0.3 is 4.42 Å². The van der Waals surface area contributed by atoms with Crippen LogP contribution < -0.4 is 11.3 Å². The van der Waals surface area contributed by atoms with E-state index in [0.717, 1.165) is 11.5 Å². The molecule has 0 fully saturated rings. The summed E-state index contributed by atoms with van der Waals surface area (Å²) in [7, 11) is 0. The van der Waals surface area contributed by atoms with Crippen LogP contribution in [0, 0.1) is 0 Å². The molecule has 0 saturated heterocycles. The fourth-order valence-corrected chi connectivity index (χ4v) is 1.46. The Morgan fingerprint density at radius 3 is 2.87 bits per heavy atom. The lowest BCUT2D eigenvalue weighted by Crippen LogP contribution is -2.29. The van der Waals surface area contributed by atoms with Crippen molar-refractivity contribution < 1.29 is 4.42 Å². The molecule has 0 bridgehead atoms. The molecule has 4 heteroatoms. The molecule has 2 aromatic rings. The largest absolute Gasteiger partial charge is 0.468 e. The number of hydrazine groups is 1. The van der Waals surface area contributed by atoms with Crippen LogP contribution in [0.1, 0.15) is 17.5 Å². The van der Waals surface area contributed by atoms with Crippen molar-refractivity contribution in [2.45, 2.75) is 12.5 Å². The van der Waals surface area contributed by atoms with Crippen molar-refractivity contribution in [2.24, 2.45) is 5.84 Å². The molecule has 2 aromatic heterocycles. The van der Waals surface area contributed by atoms with Gasteiger partial charge in [-0.05, 0) is 24.3 Å². The third kappa shape index (κ3) is 2.43. The van der Waals surface area contributed by atoms with Crippen LogP contribution in [0.2, 0.25) is 0 Å². The Hall–Kier alpha value is -1.65. The third-order valence-corrected chi connectivity index (χ3v) is 2.23. The van der Waals surface area contributed by atoms with E-state index < -0.39 is 0 Å². The average Bonchev–Trinajstić information content (AvgIpc) is 2.81. The molecule has 0 aliphatic carbocycles. The Morgan fingerprint density at radius 1 is 1.33 bits per heavy atom. The number of hydrogen-bond donors (Lipinski definition) is 2. The summed E-state index contributed by atoms with van der Waals surface area (Å²) in [6.45, 7) is 0. The number of nitrogens with two attached hydrogens (primary N) is 1. The van der Waals surface area contributed by atoms with E-state index in [4.69, 9.17) is 10.3 Å². The number of aromatic nitrogens is 1. The van der Waals surface area contributed by atoms with Gasteiger partial charge in [0, 0.05) is 18.3 Å². The smallest absolute Gasteiger partial charge is 0.122 e. The number of rotatable bonds is 4. The zero-order valence-electron chi connectivity index (χ0n) is 8.26. The van der Waals surface area contributed by atoms with Gasteiger partial charge in [0.25, 0.3) is 0 Å². The third-order valence-electron chi connectivity index (χ3n) is 2.23. The first-order valence-electron chi connectivity index (χ1n) is 4.79. The molecule has 0 aliphatic rings. The molecule has 2 heterocycles. The van der Waals surface area contributed by atoms with Crippen molar-refractivity contribution in [1.29, 1.82) is 0 Å². The zero-order chi connectivity index (χ0) is 10.5. The minimum atomic E-state index is -0.0325. The van der Waals surface area contributed by atoms with E-state index >= 15 is 0 Å². The van der Waals surface area contributed by atoms with E-state index in [2.05, 4.69) is 10.4 Å². The van der Waals surface area contributed by atoms with E-state index in [-0.39, 0.29) is 6.04 Å². The summed E-state index contributed by atoms with van der Waals surface area (Å²) >= 11 is 0. The van der Waals surface area contributed by atoms with E-state index in [1.165, 1.54) is 0 Å². The summed E-state index contributed by atoms with van der Waals surface area (Å²) in [5.74, 6) is 6.30. The van der Waals surface area contributed by atoms with E-state index in [9.17, 15) is 0 Å². The molecule has 0 radical (unpaired) electrons. The Kier molecular flexibility index (Phi) is 3.11. The summed E-state index contributed by atoms with van der Waals surface area (Å²) in [6.07, 6.45) is 4.12. The fourth-order valence-electron chi connectivity index (χ4n) is 1.46. The number of nitrogens with zero attached hydrogens (tertiary/aromatic N) is 1. The van der Waals surface area contributed by atoms with Gasteiger partial charge >= 0.3 is 0 Å². The molecule has 0 aliphatic heterocycles. The lowest BCUT2D eigenvalue weighted by molar-refractivity contribution is 0.414. The molecule has 0 spiro atoms. The number of nitrogens with one attached hydrogen (secondary N) is 1. The van der Waals surface area contributed by atoms with E-state index in [0.29, 0.717) is 6.42 Å². The van der Waals surface area contributed by atoms with Gasteiger partial charge in [0.2, 0.25) is 0 Å². The lowest BCUT2D eigenvalue weighted by atomic mass is 10.1. The summed E-state index contributed by atoms with van der Waals surface area (Å²) in [5, 5.41) is 0. The predicted molar refractivity (Wildman–Crippen MR) is 56.7 cm³/mol. The normalized spacial score (nSPS) is 12.6. The van der Waals surface area contributed by atoms with Gasteiger partial charge in [-0.3, -0.25) is 10.8 Å². The summed E-state index contributed by atoms with van der Waals surface area (Å²) in [5.41, 5.74) is 3.70. The van der Waals surface area contributed by atoms with Gasteiger partial charge in [0.05, 0.1) is 12.3 Å². The molecule has 0 amide bonds. The van der Waals surface area contributed by atoms with Gasteiger partial charge in [0.15, 0.2) is 0 Å². The highest BCUT2D eigenvalue weighted by molar-refractivity contribution is 5.11. The first-order valence-corrected chi connectivity index (χ1v) is 4.79. The van der Waals surface area contributed by atoms with Crippen molar-refractivity contribution in [3.63, 3.8) is 0 Å². The van der Waals surface area contributed by atoms with Crippen molar-refractivity contribution in [3.8, 4) is 0 Å². The molecule has 1 unspecified atom stereocenters. The second kappa shape index (κ2) is 4.72. The second-order valence-corrected chi connectivity index (χ2v) is 3.26. The van der Waals surface area contributed by atoms with E-state index in [1.807, 2.05) is 30.3 Å². The van der Waals surface area contributed by atoms with E-state index in [1.54, 1.807) is 12.5 Å². The van der Waals surface area contributed by atoms with Gasteiger partial charge in [-0.25, -0.2) is 5.43 Å². The maximum atomic E-state index is 5.47. The van der Waals surface area contributed by atoms with Gasteiger partial charge in [0.1, 0.15) is 5.76 Å². The molecular formula is C11H13N3O. The molecule has 0 aromatic carbocycles. The van der Waals surface area contributed by atoms with Crippen molar-refractivity contribution in [3.05, 3.63) is 54.2 Å². The van der Waals surface area contributed by atoms with Crippen LogP contribution in [0.4, 0.5) is 0 Å². The van der Waals surface area contributed by atoms with Crippen LogP contribution in [-0.2, 0) is 6.42 Å². The van der Waals surface area contributed by atoms with Crippen LogP contribution in [0.5, 0.6) is 0 Å². The lowest BCUT2D eigenvalue weighted by Gasteiger charge is -2.12. The Bertz CT molecular complexity index is 385. The SMILES string of the molecule is NNC(Cc1ccccn1)c1ccco1. The highest BCUT2D eigenvalue weighted by Crippen LogP contribution is 2.16. The molecular weight excluding hydrogens is 190 g/mol. The summed E-state index contributed by atoms with van der Waals surface area (Å²) in [6, 6.07) is 9.52. The molecule has 4 nitrogen and oxygen atoms in total. The maximum Gasteiger partial charge on any atom is 0.122 e. The Labute approximate surface area is 88.1 Å². The first kappa shape index (κ1) is 9.89. The van der Waals surface area contributed by atoms with Crippen LogP contribution in [-0.4, -0.2) is 4.98 Å². The average molecular weight is 203 g/mol. The first-order chi connectivity index (χ1) is 7.40. The van der Waals surface area contributed by atoms with Crippen molar-refractivity contribution in [2.75, 3.05) is 0 Å². The fraction of sp³-hybridized carbons (Fsp3) is 0.182. The Morgan fingerprint density at radius 2 is 2.27 bits per heavy atom. The highest BCUT2D eigenvalue weighted by Gasteiger charge is 2.13. The van der Waals surface area contributed by atoms with Gasteiger partial charge in [-0.2, -0.15) is 0 Å². The van der Waals surface area contributed by atoms with Gasteiger partial charge in [-0.1, -0.05) is 6.07 Å². The molecule has 1 atom stereocenters. The quantitative estimate of drug-likeness (QED) is 0.582. The number of hydrogen-bond acceptors (Lipinski definition) is 4. The molecule has 15 heavy (non-hydrogen) atoms. The summed E-state index contributed by atoms with van der Waals surface area (Å²) in [4.78, 5) is 4.24. The second-order valence-electron chi connectivity index (χ2n) is 3.26. The molecule has 2 rings (SSSR count). The van der Waals surface area contributed by atoms with Crippen LogP contribution in [0.15, 0.2) is 47.2 Å². The minimum absolute atomic E-state index is 0.0325. The molecule has 3 N–H and O–H groups in total. The van der Waals surface area contributed by atoms with Crippen LogP contribution >= 0.6 is 0 Å². The standard InChI is InChI=1S/C11H13N3O/c12-14-10(11-5-3-7-15-11)8-9-4-1-2-6-13-9/h1-7,10,14H,8,12H2. The van der Waals surface area contributed by atoms with Crippen LogP contribution in [0.25, 0.3) is 0 Å². The van der Waals surface area contributed by atoms with Gasteiger partial charge in [-0.15, -0.1) is 0 Å². The summed E-state index contributed by atoms with van der Waals surface area (Å²) < 4.78 is 5.29. The predicted octanol–water partition coefficient (Wildman–Crippen LogP) is 1.42. The minimum Gasteiger partial charge on any atom is -0.468 e. The van der Waals surface area contributed by atoms with Crippen molar-refractivity contribution >= 4 is 0 Å². The van der Waals surface area contributed by atoms with Crippen LogP contribution in [0.3, 0.4) is 0 Å². The maximum absolute atomic E-state index is 5.47. The zero-order valence-corrected chi connectivity index (χ0v) is 8.26. The number of furan rings is 1. The number of pyridine rings is 1. The topological polar surface area (TPSA) is 64.1 Å². The monoisotopic (exact) mass is 203 g/mol. The Balaban J connectivity index is 2.10. The van der Waals surface area contributed by atoms with Crippen molar-refractivity contribution in [1.82, 2.24) is 10.4 Å².